The van der Waals surface area contributed by atoms with Gasteiger partial charge in [0.1, 0.15) is 12.4 Å². The van der Waals surface area contributed by atoms with Crippen LogP contribution < -0.4 is 14.8 Å². The number of nitrogens with zero attached hydrogens (tertiary/aromatic N) is 4. The van der Waals surface area contributed by atoms with Gasteiger partial charge in [-0.1, -0.05) is 12.1 Å². The van der Waals surface area contributed by atoms with E-state index in [1.165, 1.54) is 19.2 Å². The maximum absolute atomic E-state index is 13.6. The predicted molar refractivity (Wildman–Crippen MR) is 91.4 cm³/mol. The zero-order chi connectivity index (χ0) is 18.5. The van der Waals surface area contributed by atoms with E-state index in [1.54, 1.807) is 37.4 Å². The van der Waals surface area contributed by atoms with Crippen LogP contribution in [0, 0.1) is 5.82 Å². The molecule has 0 aliphatic heterocycles. The highest BCUT2D eigenvalue weighted by Gasteiger charge is 2.13. The van der Waals surface area contributed by atoms with E-state index < -0.39 is 11.7 Å². The fraction of sp³-hybridized carbons (Fsp3) is 0.176. The summed E-state index contributed by atoms with van der Waals surface area (Å²) in [4.78, 5) is 13.1. The lowest BCUT2D eigenvalue weighted by atomic mass is 10.2. The number of methoxy groups -OCH3 is 2. The Bertz CT molecular complexity index is 928. The lowest BCUT2D eigenvalue weighted by molar-refractivity contribution is -0.117. The van der Waals surface area contributed by atoms with Crippen LogP contribution in [-0.2, 0) is 11.3 Å². The van der Waals surface area contributed by atoms with E-state index in [0.29, 0.717) is 22.9 Å². The molecule has 1 amide bonds. The van der Waals surface area contributed by atoms with Gasteiger partial charge in [0.25, 0.3) is 0 Å². The number of hydrogen-bond acceptors (Lipinski definition) is 6. The van der Waals surface area contributed by atoms with Crippen LogP contribution in [0.5, 0.6) is 11.5 Å². The first-order valence-electron chi connectivity index (χ1n) is 7.65. The molecule has 0 aliphatic carbocycles. The second-order valence-corrected chi connectivity index (χ2v) is 5.24. The van der Waals surface area contributed by atoms with Gasteiger partial charge in [0.2, 0.25) is 11.7 Å². The molecular formula is C17H16FN5O3. The molecule has 1 heterocycles. The summed E-state index contributed by atoms with van der Waals surface area (Å²) < 4.78 is 24.0. The molecule has 8 nitrogen and oxygen atoms in total. The molecule has 0 fully saturated rings. The number of aromatic nitrogens is 4. The van der Waals surface area contributed by atoms with Crippen molar-refractivity contribution >= 4 is 11.6 Å². The zero-order valence-electron chi connectivity index (χ0n) is 14.1. The molecule has 0 spiro atoms. The Kier molecular flexibility index (Phi) is 5.07. The fourth-order valence-electron chi connectivity index (χ4n) is 2.28. The van der Waals surface area contributed by atoms with Crippen molar-refractivity contribution in [2.75, 3.05) is 19.5 Å². The molecule has 3 aromatic rings. The lowest BCUT2D eigenvalue weighted by Crippen LogP contribution is -2.21. The number of ether oxygens (including phenoxy) is 2. The first-order chi connectivity index (χ1) is 12.6. The number of rotatable bonds is 6. The minimum Gasteiger partial charge on any atom is -0.493 e. The van der Waals surface area contributed by atoms with Gasteiger partial charge < -0.3 is 14.8 Å². The van der Waals surface area contributed by atoms with Crippen molar-refractivity contribution in [3.63, 3.8) is 0 Å². The Morgan fingerprint density at radius 1 is 1.15 bits per heavy atom. The van der Waals surface area contributed by atoms with Crippen LogP contribution in [0.15, 0.2) is 42.5 Å². The Morgan fingerprint density at radius 3 is 2.65 bits per heavy atom. The maximum Gasteiger partial charge on any atom is 0.248 e. The summed E-state index contributed by atoms with van der Waals surface area (Å²) in [5.74, 6) is 0.445. The highest BCUT2D eigenvalue weighted by molar-refractivity contribution is 5.90. The molecule has 0 unspecified atom stereocenters. The molecule has 2 aromatic carbocycles. The van der Waals surface area contributed by atoms with E-state index >= 15 is 0 Å². The highest BCUT2D eigenvalue weighted by Crippen LogP contribution is 2.30. The van der Waals surface area contributed by atoms with Crippen LogP contribution in [-0.4, -0.2) is 40.3 Å². The summed E-state index contributed by atoms with van der Waals surface area (Å²) in [5, 5.41) is 14.4. The van der Waals surface area contributed by atoms with Crippen LogP contribution >= 0.6 is 0 Å². The van der Waals surface area contributed by atoms with Crippen molar-refractivity contribution in [3.8, 4) is 22.9 Å². The van der Waals surface area contributed by atoms with E-state index in [-0.39, 0.29) is 12.2 Å². The minimum atomic E-state index is -0.515. The summed E-state index contributed by atoms with van der Waals surface area (Å²) in [7, 11) is 3.07. The van der Waals surface area contributed by atoms with Crippen molar-refractivity contribution in [2.24, 2.45) is 0 Å². The van der Waals surface area contributed by atoms with E-state index in [2.05, 4.69) is 20.7 Å². The molecule has 0 atom stereocenters. The molecule has 0 saturated heterocycles. The van der Waals surface area contributed by atoms with Crippen LogP contribution in [0.4, 0.5) is 10.1 Å². The maximum atomic E-state index is 13.6. The third-order valence-corrected chi connectivity index (χ3v) is 3.53. The van der Waals surface area contributed by atoms with E-state index in [9.17, 15) is 9.18 Å². The van der Waals surface area contributed by atoms with Crippen LogP contribution in [0.25, 0.3) is 11.4 Å². The van der Waals surface area contributed by atoms with Crippen molar-refractivity contribution < 1.29 is 18.7 Å². The number of carbonyl (C=O) groups is 1. The monoisotopic (exact) mass is 357 g/mol. The molecule has 0 aliphatic rings. The Hall–Kier alpha value is -3.49. The fourth-order valence-corrected chi connectivity index (χ4v) is 2.28. The summed E-state index contributed by atoms with van der Waals surface area (Å²) in [6, 6.07) is 11.1. The third kappa shape index (κ3) is 3.77. The average Bonchev–Trinajstić information content (AvgIpc) is 3.11. The average molecular weight is 357 g/mol. The normalized spacial score (nSPS) is 10.4. The first kappa shape index (κ1) is 17.3. The zero-order valence-corrected chi connectivity index (χ0v) is 14.1. The number of anilines is 1. The van der Waals surface area contributed by atoms with Gasteiger partial charge in [-0.3, -0.25) is 4.79 Å². The van der Waals surface area contributed by atoms with Crippen molar-refractivity contribution in [1.29, 1.82) is 0 Å². The first-order valence-corrected chi connectivity index (χ1v) is 7.65. The number of halogens is 1. The Balaban J connectivity index is 1.72. The smallest absolute Gasteiger partial charge is 0.248 e. The quantitative estimate of drug-likeness (QED) is 0.727. The van der Waals surface area contributed by atoms with Crippen LogP contribution in [0.1, 0.15) is 0 Å². The number of amides is 1. The number of nitrogens with one attached hydrogen (secondary N) is 1. The third-order valence-electron chi connectivity index (χ3n) is 3.53. The second kappa shape index (κ2) is 7.60. The summed E-state index contributed by atoms with van der Waals surface area (Å²) in [6.45, 7) is -0.200. The second-order valence-electron chi connectivity index (χ2n) is 5.24. The molecule has 3 rings (SSSR count). The number of benzene rings is 2. The van der Waals surface area contributed by atoms with Gasteiger partial charge in [0, 0.05) is 5.56 Å². The molecule has 0 saturated carbocycles. The summed E-state index contributed by atoms with van der Waals surface area (Å²) >= 11 is 0. The van der Waals surface area contributed by atoms with Crippen molar-refractivity contribution in [2.45, 2.75) is 6.54 Å². The molecule has 0 bridgehead atoms. The van der Waals surface area contributed by atoms with Gasteiger partial charge in [-0.25, -0.2) is 4.39 Å². The Labute approximate surface area is 148 Å². The topological polar surface area (TPSA) is 91.2 Å². The summed E-state index contributed by atoms with van der Waals surface area (Å²) in [5.41, 5.74) is 0.751. The molecule has 134 valence electrons. The van der Waals surface area contributed by atoms with Gasteiger partial charge in [-0.15, -0.1) is 10.2 Å². The Morgan fingerprint density at radius 2 is 1.92 bits per heavy atom. The van der Waals surface area contributed by atoms with Gasteiger partial charge in [-0.05, 0) is 35.5 Å². The van der Waals surface area contributed by atoms with Gasteiger partial charge in [0.05, 0.1) is 19.9 Å². The molecule has 9 heteroatoms. The van der Waals surface area contributed by atoms with Crippen molar-refractivity contribution in [1.82, 2.24) is 20.2 Å². The van der Waals surface area contributed by atoms with Crippen LogP contribution in [0.3, 0.4) is 0 Å². The number of carbonyl (C=O) groups excluding carboxylic acids is 1. The number of tetrazole rings is 1. The predicted octanol–water partition coefficient (Wildman–Crippen LogP) is 2.14. The standard InChI is InChI=1S/C17H16FN5O3/c1-25-14-8-7-11(9-15(14)26-2)17-20-22-23(21-17)10-16(24)19-13-6-4-3-5-12(13)18/h3-9H,10H2,1-2H3,(H,19,24). The van der Waals surface area contributed by atoms with E-state index in [4.69, 9.17) is 9.47 Å². The highest BCUT2D eigenvalue weighted by atomic mass is 19.1. The number of hydrogen-bond donors (Lipinski definition) is 1. The minimum absolute atomic E-state index is 0.0951. The molecule has 26 heavy (non-hydrogen) atoms. The van der Waals surface area contributed by atoms with Crippen molar-refractivity contribution in [3.05, 3.63) is 48.3 Å². The van der Waals surface area contributed by atoms with Crippen LogP contribution in [0.2, 0.25) is 0 Å². The van der Waals surface area contributed by atoms with E-state index in [1.807, 2.05) is 0 Å². The lowest BCUT2D eigenvalue weighted by Gasteiger charge is -2.07. The van der Waals surface area contributed by atoms with Gasteiger partial charge >= 0.3 is 0 Å². The van der Waals surface area contributed by atoms with E-state index in [0.717, 1.165) is 4.80 Å². The molecular weight excluding hydrogens is 341 g/mol. The molecule has 1 aromatic heterocycles. The largest absolute Gasteiger partial charge is 0.493 e. The van der Waals surface area contributed by atoms with Gasteiger partial charge in [0.15, 0.2) is 11.5 Å². The SMILES string of the molecule is COc1ccc(-c2nnn(CC(=O)Nc3ccccc3F)n2)cc1OC. The molecule has 1 N–H and O–H groups in total. The number of para-hydroxylation sites is 1. The summed E-state index contributed by atoms with van der Waals surface area (Å²) in [6.07, 6.45) is 0. The molecule has 0 radical (unpaired) electrons. The van der Waals surface area contributed by atoms with Gasteiger partial charge in [-0.2, -0.15) is 4.80 Å².